The third-order valence-corrected chi connectivity index (χ3v) is 17.9. The van der Waals surface area contributed by atoms with E-state index in [-0.39, 0.29) is 29.9 Å². The number of rotatable bonds is 15. The maximum absolute atomic E-state index is 14.1. The van der Waals surface area contributed by atoms with Crippen molar-refractivity contribution in [1.82, 2.24) is 4.72 Å². The van der Waals surface area contributed by atoms with Gasteiger partial charge in [-0.2, -0.15) is 0 Å². The van der Waals surface area contributed by atoms with E-state index in [1.165, 1.54) is 26.0 Å². The van der Waals surface area contributed by atoms with Crippen LogP contribution >= 0.6 is 0 Å². The zero-order chi connectivity index (χ0) is 44.9. The number of benzene rings is 1. The minimum absolute atomic E-state index is 0.0890. The summed E-state index contributed by atoms with van der Waals surface area (Å²) in [6.07, 6.45) is 4.86. The summed E-state index contributed by atoms with van der Waals surface area (Å²) >= 11 is 0. The number of carbonyl (C=O) groups is 2. The van der Waals surface area contributed by atoms with Gasteiger partial charge in [0.15, 0.2) is 20.0 Å². The van der Waals surface area contributed by atoms with E-state index in [4.69, 9.17) is 23.4 Å². The summed E-state index contributed by atoms with van der Waals surface area (Å²) in [5.41, 5.74) is -2.85. The molecule has 1 fully saturated rings. The molecule has 0 amide bonds. The van der Waals surface area contributed by atoms with Gasteiger partial charge in [0.05, 0.1) is 41.3 Å². The number of hydrogen-bond donors (Lipinski definition) is 3. The Morgan fingerprint density at radius 2 is 1.78 bits per heavy atom. The maximum Gasteiger partial charge on any atom is 0.308 e. The molecule has 1 saturated heterocycles. The Balaban J connectivity index is 2.02. The Morgan fingerprint density at radius 3 is 2.34 bits per heavy atom. The Hall–Kier alpha value is -2.83. The zero-order valence-electron chi connectivity index (χ0n) is 36.9. The van der Waals surface area contributed by atoms with Crippen LogP contribution in [-0.2, 0) is 43.0 Å². The van der Waals surface area contributed by atoms with Crippen molar-refractivity contribution >= 4 is 30.3 Å². The third kappa shape index (κ3) is 13.6. The lowest BCUT2D eigenvalue weighted by molar-refractivity contribution is -0.157. The number of cyclic esters (lactones) is 1. The van der Waals surface area contributed by atoms with Crippen molar-refractivity contribution in [3.8, 4) is 0 Å². The molecule has 16 heteroatoms. The average molecular weight is 872 g/mol. The van der Waals surface area contributed by atoms with Crippen LogP contribution < -0.4 is 4.72 Å². The molecule has 11 atom stereocenters. The lowest BCUT2D eigenvalue weighted by atomic mass is 9.87. The number of sulfonamides is 1. The highest BCUT2D eigenvalue weighted by atomic mass is 32.2. The molecular weight excluding hydrogens is 805 g/mol. The van der Waals surface area contributed by atoms with Gasteiger partial charge in [0.1, 0.15) is 23.9 Å². The first-order valence-corrected chi connectivity index (χ1v) is 24.6. The summed E-state index contributed by atoms with van der Waals surface area (Å²) in [6.45, 7) is 22.0. The van der Waals surface area contributed by atoms with Crippen LogP contribution in [0.3, 0.4) is 0 Å². The fourth-order valence-corrected chi connectivity index (χ4v) is 9.83. The van der Waals surface area contributed by atoms with Crippen molar-refractivity contribution in [2.24, 2.45) is 11.8 Å². The summed E-state index contributed by atoms with van der Waals surface area (Å²) in [5, 5.41) is 23.4. The number of carbonyl (C=O) groups excluding carboxylic acids is 2. The van der Waals surface area contributed by atoms with E-state index in [0.717, 1.165) is 6.07 Å². The predicted octanol–water partition coefficient (Wildman–Crippen LogP) is 7.05. The van der Waals surface area contributed by atoms with Gasteiger partial charge in [-0.05, 0) is 88.0 Å². The molecular formula is C43H67F2NO11SSi. The standard InChI is InChI=1S/C43H67F2NO11SSi/c1-14-34(53-11)28(4)38-39(56-38)40(46-58(51,52)31-18-19-32(44)33(45)25-31)43(10,50)22-15-16-26(2)37-27(3)17-20-35(54-29(5)47)42(9,49)23-21-30(24-36(48)55-37)57-59(12,13)41(6,7)8/h15-20,22,25,27-28,30,34-35,37-40,46,49-50H,14,21,23-24H2,1-13H3/b20-17+,22-15+,26-16+/t27-,28+,30+,34-,35-,37?,38+,39-,40?,42+,43?/m0/s1. The summed E-state index contributed by atoms with van der Waals surface area (Å²) in [5.74, 6) is -4.33. The number of allylic oxidation sites excluding steroid dienone is 2. The predicted molar refractivity (Wildman–Crippen MR) is 223 cm³/mol. The van der Waals surface area contributed by atoms with Gasteiger partial charge in [0, 0.05) is 25.9 Å². The topological polar surface area (TPSA) is 170 Å². The van der Waals surface area contributed by atoms with Gasteiger partial charge >= 0.3 is 11.9 Å². The lowest BCUT2D eigenvalue weighted by Crippen LogP contribution is -2.54. The van der Waals surface area contributed by atoms with E-state index in [1.807, 2.05) is 13.8 Å². The molecule has 0 aromatic heterocycles. The minimum Gasteiger partial charge on any atom is -0.457 e. The highest BCUT2D eigenvalue weighted by Gasteiger charge is 2.55. The molecule has 2 aliphatic heterocycles. The van der Waals surface area contributed by atoms with Gasteiger partial charge in [-0.15, -0.1) is 0 Å². The molecule has 1 aromatic rings. The van der Waals surface area contributed by atoms with Crippen molar-refractivity contribution in [2.75, 3.05) is 7.11 Å². The number of esters is 2. The SMILES string of the molecule is CC[C@H](OC)[C@@H](C)[C@H]1O[C@@H]1C(NS(=O)(=O)c1ccc(F)c(F)c1)C(C)(O)/C=C/C=C(\C)C1OC(=O)C[C@H](O[Si](C)(C)C(C)(C)C)CC[C@@](C)(O)[C@@H](OC(C)=O)/C=C/[C@@H]1C. The monoisotopic (exact) mass is 871 g/mol. The molecule has 0 aliphatic carbocycles. The largest absolute Gasteiger partial charge is 0.457 e. The Kier molecular flexibility index (Phi) is 17.0. The molecule has 1 aromatic carbocycles. The average Bonchev–Trinajstić information content (AvgIpc) is 3.91. The molecule has 0 spiro atoms. The first-order chi connectivity index (χ1) is 27.1. The summed E-state index contributed by atoms with van der Waals surface area (Å²) < 4.78 is 87.4. The Bertz CT molecular complexity index is 1820. The quantitative estimate of drug-likeness (QED) is 0.0543. The van der Waals surface area contributed by atoms with Gasteiger partial charge in [-0.3, -0.25) is 9.59 Å². The fraction of sp³-hybridized carbons (Fsp3) is 0.674. The van der Waals surface area contributed by atoms with Crippen LogP contribution in [0.1, 0.15) is 94.9 Å². The van der Waals surface area contributed by atoms with Gasteiger partial charge in [0.2, 0.25) is 10.0 Å². The van der Waals surface area contributed by atoms with Gasteiger partial charge in [0.25, 0.3) is 0 Å². The molecule has 3 unspecified atom stereocenters. The molecule has 0 radical (unpaired) electrons. The normalized spacial score (nSPS) is 29.6. The molecule has 59 heavy (non-hydrogen) atoms. The molecule has 0 saturated carbocycles. The Morgan fingerprint density at radius 1 is 1.14 bits per heavy atom. The van der Waals surface area contributed by atoms with Gasteiger partial charge < -0.3 is 33.6 Å². The molecule has 2 heterocycles. The second-order valence-corrected chi connectivity index (χ2v) is 24.5. The van der Waals surface area contributed by atoms with Crippen molar-refractivity contribution in [3.05, 3.63) is 65.8 Å². The van der Waals surface area contributed by atoms with E-state index in [9.17, 15) is 37.0 Å². The molecule has 334 valence electrons. The van der Waals surface area contributed by atoms with Crippen molar-refractivity contribution in [1.29, 1.82) is 0 Å². The molecule has 0 bridgehead atoms. The highest BCUT2D eigenvalue weighted by Crippen LogP contribution is 2.41. The molecule has 3 rings (SSSR count). The van der Waals surface area contributed by atoms with Crippen LogP contribution in [0.2, 0.25) is 18.1 Å². The number of methoxy groups -OCH3 is 1. The summed E-state index contributed by atoms with van der Waals surface area (Å²) in [4.78, 5) is 25.3. The number of hydrogen-bond acceptors (Lipinski definition) is 11. The first-order valence-electron chi connectivity index (χ1n) is 20.3. The van der Waals surface area contributed by atoms with E-state index in [0.29, 0.717) is 30.5 Å². The molecule has 3 N–H and O–H groups in total. The number of ether oxygens (including phenoxy) is 4. The zero-order valence-corrected chi connectivity index (χ0v) is 38.7. The summed E-state index contributed by atoms with van der Waals surface area (Å²) in [7, 11) is -5.32. The van der Waals surface area contributed by atoms with E-state index in [2.05, 4.69) is 38.6 Å². The maximum atomic E-state index is 14.1. The Labute approximate surface area is 350 Å². The first kappa shape index (κ1) is 50.5. The third-order valence-electron chi connectivity index (χ3n) is 11.9. The van der Waals surface area contributed by atoms with Crippen LogP contribution in [-0.4, -0.2) is 99.9 Å². The minimum atomic E-state index is -4.50. The van der Waals surface area contributed by atoms with Crippen LogP contribution in [0.25, 0.3) is 0 Å². The van der Waals surface area contributed by atoms with Crippen molar-refractivity contribution in [3.63, 3.8) is 0 Å². The van der Waals surface area contributed by atoms with Crippen LogP contribution in [0.15, 0.2) is 59.0 Å². The summed E-state index contributed by atoms with van der Waals surface area (Å²) in [6, 6.07) is 0.905. The van der Waals surface area contributed by atoms with E-state index in [1.54, 1.807) is 46.1 Å². The van der Waals surface area contributed by atoms with Crippen molar-refractivity contribution in [2.45, 2.75) is 172 Å². The van der Waals surface area contributed by atoms with Crippen LogP contribution in [0, 0.1) is 23.5 Å². The number of halogens is 2. The van der Waals surface area contributed by atoms with Crippen LogP contribution in [0.4, 0.5) is 8.78 Å². The van der Waals surface area contributed by atoms with Gasteiger partial charge in [-0.1, -0.05) is 65.8 Å². The van der Waals surface area contributed by atoms with Crippen molar-refractivity contribution < 1.29 is 60.4 Å². The number of aliphatic hydroxyl groups is 2. The lowest BCUT2D eigenvalue weighted by Gasteiger charge is -2.40. The second kappa shape index (κ2) is 19.9. The number of nitrogens with one attached hydrogen (secondary N) is 1. The smallest absolute Gasteiger partial charge is 0.308 e. The molecule has 12 nitrogen and oxygen atoms in total. The highest BCUT2D eigenvalue weighted by molar-refractivity contribution is 7.89. The second-order valence-electron chi connectivity index (χ2n) is 18.1. The fourth-order valence-electron chi connectivity index (χ4n) is 7.10. The number of epoxide rings is 1. The van der Waals surface area contributed by atoms with Crippen LogP contribution in [0.5, 0.6) is 0 Å². The van der Waals surface area contributed by atoms with E-state index >= 15 is 0 Å². The van der Waals surface area contributed by atoms with Gasteiger partial charge in [-0.25, -0.2) is 21.9 Å². The van der Waals surface area contributed by atoms with E-state index < -0.39 is 100 Å². The molecule has 2 aliphatic rings.